The summed E-state index contributed by atoms with van der Waals surface area (Å²) in [4.78, 5) is 0. The molecule has 1 aromatic rings. The van der Waals surface area contributed by atoms with Crippen LogP contribution < -0.4 is 10.1 Å². The molecule has 0 aliphatic carbocycles. The fourth-order valence-electron chi connectivity index (χ4n) is 2.19. The molecule has 0 aromatic heterocycles. The van der Waals surface area contributed by atoms with Crippen LogP contribution in [0, 0.1) is 0 Å². The summed E-state index contributed by atoms with van der Waals surface area (Å²) in [5.74, 6) is 0.760. The van der Waals surface area contributed by atoms with Gasteiger partial charge >= 0.3 is 0 Å². The van der Waals surface area contributed by atoms with Gasteiger partial charge in [0.25, 0.3) is 0 Å². The molecule has 6 heteroatoms. The molecular formula is C15H22BrNO4. The van der Waals surface area contributed by atoms with Crippen LogP contribution in [-0.4, -0.2) is 50.8 Å². The first-order chi connectivity index (χ1) is 10.2. The average molecular weight is 360 g/mol. The van der Waals surface area contributed by atoms with E-state index in [1.807, 2.05) is 18.2 Å². The number of hydrogen-bond acceptors (Lipinski definition) is 5. The van der Waals surface area contributed by atoms with Crippen LogP contribution in [0.15, 0.2) is 22.7 Å². The average Bonchev–Trinajstić information content (AvgIpc) is 2.98. The molecular weight excluding hydrogens is 338 g/mol. The predicted molar refractivity (Wildman–Crippen MR) is 85.0 cm³/mol. The molecule has 1 saturated heterocycles. The monoisotopic (exact) mass is 359 g/mol. The van der Waals surface area contributed by atoms with Gasteiger partial charge in [-0.25, -0.2) is 0 Å². The highest BCUT2D eigenvalue weighted by molar-refractivity contribution is 9.10. The van der Waals surface area contributed by atoms with E-state index in [2.05, 4.69) is 21.2 Å². The van der Waals surface area contributed by atoms with Gasteiger partial charge in [-0.05, 0) is 25.0 Å². The third-order valence-electron chi connectivity index (χ3n) is 3.29. The molecule has 1 fully saturated rings. The Balaban J connectivity index is 1.68. The summed E-state index contributed by atoms with van der Waals surface area (Å²) in [6.45, 7) is 2.10. The Labute approximate surface area is 133 Å². The van der Waals surface area contributed by atoms with E-state index in [4.69, 9.17) is 14.2 Å². The van der Waals surface area contributed by atoms with Gasteiger partial charge in [0.05, 0.1) is 32.5 Å². The summed E-state index contributed by atoms with van der Waals surface area (Å²) in [7, 11) is 1.62. The van der Waals surface area contributed by atoms with E-state index in [1.54, 1.807) is 7.11 Å². The molecule has 0 radical (unpaired) electrons. The number of methoxy groups -OCH3 is 1. The van der Waals surface area contributed by atoms with E-state index >= 15 is 0 Å². The second kappa shape index (κ2) is 8.58. The molecule has 1 aromatic carbocycles. The number of nitrogens with one attached hydrogen (secondary N) is 1. The fraction of sp³-hybridized carbons (Fsp3) is 0.600. The molecule has 1 aliphatic rings. The number of aliphatic hydroxyl groups is 1. The highest BCUT2D eigenvalue weighted by Gasteiger charge is 2.16. The Bertz CT molecular complexity index is 438. The largest absolute Gasteiger partial charge is 0.497 e. The number of halogens is 1. The summed E-state index contributed by atoms with van der Waals surface area (Å²) in [6.07, 6.45) is 1.78. The summed E-state index contributed by atoms with van der Waals surface area (Å²) >= 11 is 3.42. The SMILES string of the molecule is COc1cc(Br)cc(NCC(O)COCC2CCCO2)c1. The smallest absolute Gasteiger partial charge is 0.122 e. The first-order valence-electron chi connectivity index (χ1n) is 7.13. The van der Waals surface area contributed by atoms with Crippen LogP contribution in [0.1, 0.15) is 12.8 Å². The Kier molecular flexibility index (Phi) is 6.76. The zero-order valence-corrected chi connectivity index (χ0v) is 13.8. The van der Waals surface area contributed by atoms with Crippen molar-refractivity contribution in [3.63, 3.8) is 0 Å². The number of rotatable bonds is 8. The standard InChI is InChI=1S/C15H22BrNO4/c1-19-15-6-11(16)5-12(7-15)17-8-13(18)9-20-10-14-3-2-4-21-14/h5-7,13-14,17-18H,2-4,8-10H2,1H3. The maximum atomic E-state index is 9.91. The molecule has 118 valence electrons. The van der Waals surface area contributed by atoms with Crippen molar-refractivity contribution in [2.24, 2.45) is 0 Å². The van der Waals surface area contributed by atoms with Gasteiger partial charge in [0, 0.05) is 29.4 Å². The third kappa shape index (κ3) is 5.82. The van der Waals surface area contributed by atoms with Crippen molar-refractivity contribution in [1.82, 2.24) is 0 Å². The maximum Gasteiger partial charge on any atom is 0.122 e. The lowest BCUT2D eigenvalue weighted by Crippen LogP contribution is -2.27. The van der Waals surface area contributed by atoms with Crippen LogP contribution in [0.5, 0.6) is 5.75 Å². The topological polar surface area (TPSA) is 60.0 Å². The number of ether oxygens (including phenoxy) is 3. The molecule has 21 heavy (non-hydrogen) atoms. The number of hydrogen-bond donors (Lipinski definition) is 2. The third-order valence-corrected chi connectivity index (χ3v) is 3.74. The lowest BCUT2D eigenvalue weighted by Gasteiger charge is -2.15. The van der Waals surface area contributed by atoms with Gasteiger partial charge in [0.1, 0.15) is 5.75 Å². The number of anilines is 1. The lowest BCUT2D eigenvalue weighted by molar-refractivity contribution is -0.0137. The zero-order valence-electron chi connectivity index (χ0n) is 12.2. The van der Waals surface area contributed by atoms with Crippen LogP contribution in [0.3, 0.4) is 0 Å². The van der Waals surface area contributed by atoms with Crippen molar-refractivity contribution in [2.75, 3.05) is 38.8 Å². The van der Waals surface area contributed by atoms with Crippen molar-refractivity contribution in [3.8, 4) is 5.75 Å². The molecule has 1 aliphatic heterocycles. The van der Waals surface area contributed by atoms with E-state index < -0.39 is 6.10 Å². The molecule has 0 saturated carbocycles. The molecule has 0 amide bonds. The van der Waals surface area contributed by atoms with Crippen molar-refractivity contribution >= 4 is 21.6 Å². The normalized spacial score (nSPS) is 19.5. The van der Waals surface area contributed by atoms with Crippen molar-refractivity contribution < 1.29 is 19.3 Å². The van der Waals surface area contributed by atoms with Gasteiger partial charge in [0.2, 0.25) is 0 Å². The van der Waals surface area contributed by atoms with E-state index in [1.165, 1.54) is 0 Å². The van der Waals surface area contributed by atoms with Gasteiger partial charge in [0.15, 0.2) is 0 Å². The first kappa shape index (κ1) is 16.5. The fourth-order valence-corrected chi connectivity index (χ4v) is 2.66. The summed E-state index contributed by atoms with van der Waals surface area (Å²) in [5.41, 5.74) is 0.888. The van der Waals surface area contributed by atoms with Crippen LogP contribution in [0.4, 0.5) is 5.69 Å². The quantitative estimate of drug-likeness (QED) is 0.746. The maximum absolute atomic E-state index is 9.91. The minimum Gasteiger partial charge on any atom is -0.497 e. The van der Waals surface area contributed by atoms with Gasteiger partial charge in [-0.2, -0.15) is 0 Å². The Morgan fingerprint density at radius 2 is 2.33 bits per heavy atom. The van der Waals surface area contributed by atoms with E-state index in [0.29, 0.717) is 19.8 Å². The minimum atomic E-state index is -0.559. The first-order valence-corrected chi connectivity index (χ1v) is 7.92. The van der Waals surface area contributed by atoms with Crippen molar-refractivity contribution in [3.05, 3.63) is 22.7 Å². The molecule has 5 nitrogen and oxygen atoms in total. The van der Waals surface area contributed by atoms with Gasteiger partial charge < -0.3 is 24.6 Å². The summed E-state index contributed by atoms with van der Waals surface area (Å²) in [5, 5.41) is 13.1. The van der Waals surface area contributed by atoms with Crippen LogP contribution in [0.25, 0.3) is 0 Å². The summed E-state index contributed by atoms with van der Waals surface area (Å²) < 4.78 is 17.1. The highest BCUT2D eigenvalue weighted by Crippen LogP contribution is 2.24. The second-order valence-electron chi connectivity index (χ2n) is 5.09. The zero-order chi connectivity index (χ0) is 15.1. The Morgan fingerprint density at radius 1 is 1.48 bits per heavy atom. The molecule has 0 spiro atoms. The molecule has 1 heterocycles. The van der Waals surface area contributed by atoms with Crippen LogP contribution in [-0.2, 0) is 9.47 Å². The molecule has 2 N–H and O–H groups in total. The second-order valence-corrected chi connectivity index (χ2v) is 6.00. The minimum absolute atomic E-state index is 0.194. The number of aliphatic hydroxyl groups excluding tert-OH is 1. The van der Waals surface area contributed by atoms with Gasteiger partial charge in [-0.3, -0.25) is 0 Å². The highest BCUT2D eigenvalue weighted by atomic mass is 79.9. The van der Waals surface area contributed by atoms with Gasteiger partial charge in [-0.1, -0.05) is 15.9 Å². The Morgan fingerprint density at radius 3 is 3.05 bits per heavy atom. The molecule has 2 rings (SSSR count). The van der Waals surface area contributed by atoms with E-state index in [9.17, 15) is 5.11 Å². The molecule has 2 unspecified atom stereocenters. The Hall–Kier alpha value is -0.820. The van der Waals surface area contributed by atoms with Crippen molar-refractivity contribution in [1.29, 1.82) is 0 Å². The van der Waals surface area contributed by atoms with Crippen molar-refractivity contribution in [2.45, 2.75) is 25.0 Å². The molecule has 2 atom stereocenters. The molecule has 0 bridgehead atoms. The van der Waals surface area contributed by atoms with Crippen LogP contribution in [0.2, 0.25) is 0 Å². The number of benzene rings is 1. The van der Waals surface area contributed by atoms with Crippen LogP contribution >= 0.6 is 15.9 Å². The summed E-state index contributed by atoms with van der Waals surface area (Å²) in [6, 6.07) is 5.69. The lowest BCUT2D eigenvalue weighted by atomic mass is 10.2. The van der Waals surface area contributed by atoms with Gasteiger partial charge in [-0.15, -0.1) is 0 Å². The van der Waals surface area contributed by atoms with E-state index in [-0.39, 0.29) is 6.10 Å². The van der Waals surface area contributed by atoms with E-state index in [0.717, 1.165) is 35.4 Å². The predicted octanol–water partition coefficient (Wildman–Crippen LogP) is 2.43.